The van der Waals surface area contributed by atoms with Gasteiger partial charge in [-0.25, -0.2) is 0 Å². The first-order chi connectivity index (χ1) is 13.4. The third-order valence-corrected chi connectivity index (χ3v) is 4.14. The monoisotopic (exact) mass is 514 g/mol. The van der Waals surface area contributed by atoms with Crippen LogP contribution in [0.15, 0.2) is 33.8 Å². The number of benzene rings is 1. The highest BCUT2D eigenvalue weighted by molar-refractivity contribution is 14.0. The van der Waals surface area contributed by atoms with Gasteiger partial charge in [-0.3, -0.25) is 9.79 Å². The Kier molecular flexibility index (Phi) is 10.6. The molecule has 1 aromatic carbocycles. The zero-order valence-electron chi connectivity index (χ0n) is 17.7. The number of guanidine groups is 1. The molecule has 160 valence electrons. The van der Waals surface area contributed by atoms with Crippen molar-refractivity contribution in [2.45, 2.75) is 32.6 Å². The van der Waals surface area contributed by atoms with Crippen LogP contribution in [0.5, 0.6) is 0 Å². The van der Waals surface area contributed by atoms with Crippen LogP contribution in [0.1, 0.15) is 47.4 Å². The Balaban J connectivity index is 0.00000420. The van der Waals surface area contributed by atoms with Crippen molar-refractivity contribution in [2.75, 3.05) is 34.2 Å². The van der Waals surface area contributed by atoms with Crippen LogP contribution in [0.25, 0.3) is 0 Å². The summed E-state index contributed by atoms with van der Waals surface area (Å²) in [6.45, 7) is 5.42. The molecule has 1 heterocycles. The lowest BCUT2D eigenvalue weighted by Gasteiger charge is -2.13. The Morgan fingerprint density at radius 3 is 2.48 bits per heavy atom. The molecule has 9 heteroatoms. The predicted octanol–water partition coefficient (Wildman–Crippen LogP) is 2.46. The summed E-state index contributed by atoms with van der Waals surface area (Å²) in [5, 5.41) is 10.5. The minimum absolute atomic E-state index is 0. The number of halogens is 1. The van der Waals surface area contributed by atoms with Crippen molar-refractivity contribution in [3.05, 3.63) is 47.1 Å². The summed E-state index contributed by atoms with van der Waals surface area (Å²) in [6.07, 6.45) is 1.42. The lowest BCUT2D eigenvalue weighted by atomic mass is 10.1. The molecule has 8 nitrogen and oxygen atoms in total. The average molecular weight is 514 g/mol. The molecule has 0 aliphatic heterocycles. The zero-order chi connectivity index (χ0) is 20.5. The van der Waals surface area contributed by atoms with Crippen LogP contribution in [0, 0.1) is 0 Å². The van der Waals surface area contributed by atoms with E-state index in [0.717, 1.165) is 17.8 Å². The summed E-state index contributed by atoms with van der Waals surface area (Å²) in [7, 11) is 5.24. The number of carbonyl (C=O) groups excluding carboxylic acids is 1. The fraction of sp³-hybridized carbons (Fsp3) is 0.500. The van der Waals surface area contributed by atoms with Gasteiger partial charge in [0, 0.05) is 52.1 Å². The highest BCUT2D eigenvalue weighted by Gasteiger charge is 2.10. The molecular formula is C20H31IN6O2. The number of rotatable bonds is 8. The summed E-state index contributed by atoms with van der Waals surface area (Å²) in [5.41, 5.74) is 1.80. The van der Waals surface area contributed by atoms with Crippen molar-refractivity contribution >= 4 is 35.8 Å². The molecule has 29 heavy (non-hydrogen) atoms. The Labute approximate surface area is 189 Å². The van der Waals surface area contributed by atoms with Gasteiger partial charge in [0.15, 0.2) is 11.8 Å². The maximum atomic E-state index is 12.1. The van der Waals surface area contributed by atoms with Gasteiger partial charge in [0.2, 0.25) is 5.89 Å². The number of amides is 1. The molecule has 0 aliphatic carbocycles. The molecule has 1 amide bonds. The Morgan fingerprint density at radius 2 is 1.90 bits per heavy atom. The Bertz CT molecular complexity index is 804. The van der Waals surface area contributed by atoms with Crippen molar-refractivity contribution in [2.24, 2.45) is 4.99 Å². The molecule has 0 bridgehead atoms. The smallest absolute Gasteiger partial charge is 0.253 e. The van der Waals surface area contributed by atoms with Crippen LogP contribution >= 0.6 is 24.0 Å². The highest BCUT2D eigenvalue weighted by Crippen LogP contribution is 2.09. The maximum Gasteiger partial charge on any atom is 0.253 e. The second kappa shape index (κ2) is 12.4. The molecule has 2 N–H and O–H groups in total. The van der Waals surface area contributed by atoms with E-state index in [4.69, 9.17) is 4.52 Å². The van der Waals surface area contributed by atoms with E-state index in [1.807, 2.05) is 38.1 Å². The van der Waals surface area contributed by atoms with Crippen molar-refractivity contribution in [3.63, 3.8) is 0 Å². The molecule has 1 aromatic heterocycles. The molecular weight excluding hydrogens is 483 g/mol. The molecule has 0 saturated heterocycles. The van der Waals surface area contributed by atoms with E-state index in [1.165, 1.54) is 0 Å². The molecule has 0 atom stereocenters. The highest BCUT2D eigenvalue weighted by atomic mass is 127. The number of hydrogen-bond acceptors (Lipinski definition) is 5. The summed E-state index contributed by atoms with van der Waals surface area (Å²) in [5.74, 6) is 2.32. The largest absolute Gasteiger partial charge is 0.356 e. The fourth-order valence-electron chi connectivity index (χ4n) is 2.56. The van der Waals surface area contributed by atoms with Gasteiger partial charge in [-0.05, 0) is 24.1 Å². The van der Waals surface area contributed by atoms with E-state index < -0.39 is 0 Å². The average Bonchev–Trinajstić information content (AvgIpc) is 3.15. The fourth-order valence-corrected chi connectivity index (χ4v) is 2.56. The van der Waals surface area contributed by atoms with Gasteiger partial charge in [0.1, 0.15) is 0 Å². The second-order valence-corrected chi connectivity index (χ2v) is 7.03. The lowest BCUT2D eigenvalue weighted by Crippen LogP contribution is -2.39. The first-order valence-corrected chi connectivity index (χ1v) is 9.48. The molecule has 2 rings (SSSR count). The second-order valence-electron chi connectivity index (χ2n) is 7.03. The summed E-state index contributed by atoms with van der Waals surface area (Å²) in [4.78, 5) is 22.2. The molecule has 0 fully saturated rings. The number of aromatic nitrogens is 2. The summed E-state index contributed by atoms with van der Waals surface area (Å²) in [6, 6.07) is 7.70. The SMILES string of the molecule is CN=C(NCCc1cccc(C(=O)N(C)C)c1)NCCc1nc(C(C)C)no1.I. The predicted molar refractivity (Wildman–Crippen MR) is 125 cm³/mol. The van der Waals surface area contributed by atoms with Crippen molar-refractivity contribution < 1.29 is 9.32 Å². The number of nitrogens with zero attached hydrogens (tertiary/aromatic N) is 4. The van der Waals surface area contributed by atoms with E-state index in [9.17, 15) is 4.79 Å². The van der Waals surface area contributed by atoms with Crippen LogP contribution in [-0.2, 0) is 12.8 Å². The van der Waals surface area contributed by atoms with Gasteiger partial charge in [-0.1, -0.05) is 31.1 Å². The third kappa shape index (κ3) is 8.00. The van der Waals surface area contributed by atoms with Gasteiger partial charge in [0.05, 0.1) is 0 Å². The molecule has 0 saturated carbocycles. The van der Waals surface area contributed by atoms with Crippen LogP contribution in [-0.4, -0.2) is 61.1 Å². The Morgan fingerprint density at radius 1 is 1.21 bits per heavy atom. The zero-order valence-corrected chi connectivity index (χ0v) is 20.1. The third-order valence-electron chi connectivity index (χ3n) is 4.14. The van der Waals surface area contributed by atoms with Crippen LogP contribution in [0.4, 0.5) is 0 Å². The van der Waals surface area contributed by atoms with Crippen molar-refractivity contribution in [1.29, 1.82) is 0 Å². The van der Waals surface area contributed by atoms with Crippen LogP contribution in [0.2, 0.25) is 0 Å². The molecule has 2 aromatic rings. The first-order valence-electron chi connectivity index (χ1n) is 9.48. The maximum absolute atomic E-state index is 12.1. The number of carbonyl (C=O) groups is 1. The Hall–Kier alpha value is -2.17. The van der Waals surface area contributed by atoms with Gasteiger partial charge in [-0.15, -0.1) is 24.0 Å². The van der Waals surface area contributed by atoms with E-state index in [2.05, 4.69) is 25.8 Å². The molecule has 0 aliphatic rings. The minimum atomic E-state index is 0. The number of hydrogen-bond donors (Lipinski definition) is 2. The molecule has 0 radical (unpaired) electrons. The quantitative estimate of drug-likeness (QED) is 0.319. The van der Waals surface area contributed by atoms with E-state index in [1.54, 1.807) is 26.0 Å². The lowest BCUT2D eigenvalue weighted by molar-refractivity contribution is 0.0827. The first kappa shape index (κ1) is 24.9. The van der Waals surface area contributed by atoms with Crippen LogP contribution < -0.4 is 10.6 Å². The number of nitrogens with one attached hydrogen (secondary N) is 2. The van der Waals surface area contributed by atoms with Gasteiger partial charge >= 0.3 is 0 Å². The van der Waals surface area contributed by atoms with Crippen molar-refractivity contribution in [1.82, 2.24) is 25.7 Å². The summed E-state index contributed by atoms with van der Waals surface area (Å²) < 4.78 is 5.24. The number of aliphatic imine (C=N–C) groups is 1. The standard InChI is InChI=1S/C20H30N6O2.HI/c1-14(2)18-24-17(28-25-18)10-12-23-20(21-3)22-11-9-15-7-6-8-16(13-15)19(27)26(4)5;/h6-8,13-14H,9-12H2,1-5H3,(H2,21,22,23);1H. The van der Waals surface area contributed by atoms with E-state index in [0.29, 0.717) is 36.9 Å². The molecule has 0 spiro atoms. The van der Waals surface area contributed by atoms with E-state index in [-0.39, 0.29) is 35.8 Å². The minimum Gasteiger partial charge on any atom is -0.356 e. The van der Waals surface area contributed by atoms with E-state index >= 15 is 0 Å². The van der Waals surface area contributed by atoms with Crippen molar-refractivity contribution in [3.8, 4) is 0 Å². The summed E-state index contributed by atoms with van der Waals surface area (Å²) >= 11 is 0. The normalized spacial score (nSPS) is 11.2. The van der Waals surface area contributed by atoms with Gasteiger partial charge < -0.3 is 20.1 Å². The topological polar surface area (TPSA) is 95.7 Å². The van der Waals surface area contributed by atoms with Gasteiger partial charge in [0.25, 0.3) is 5.91 Å². The molecule has 0 unspecified atom stereocenters. The van der Waals surface area contributed by atoms with Gasteiger partial charge in [-0.2, -0.15) is 4.98 Å². The van der Waals surface area contributed by atoms with Crippen LogP contribution in [0.3, 0.4) is 0 Å².